The highest BCUT2D eigenvalue weighted by molar-refractivity contribution is 7.92. The molecule has 0 unspecified atom stereocenters. The van der Waals surface area contributed by atoms with Crippen LogP contribution in [0.2, 0.25) is 5.28 Å². The number of benzene rings is 1. The molecular formula is C16H18ClFN4O3S. The highest BCUT2D eigenvalue weighted by Crippen LogP contribution is 2.32. The second kappa shape index (κ2) is 10.6. The number of fused-ring (bicyclic) bond motifs is 1. The lowest BCUT2D eigenvalue weighted by Gasteiger charge is -2.06. The van der Waals surface area contributed by atoms with E-state index in [1.54, 1.807) is 6.07 Å². The van der Waals surface area contributed by atoms with Crippen LogP contribution in [0.3, 0.4) is 0 Å². The van der Waals surface area contributed by atoms with E-state index >= 15 is 0 Å². The van der Waals surface area contributed by atoms with Crippen LogP contribution in [0.25, 0.3) is 11.0 Å². The number of hydrogen-bond acceptors (Lipinski definition) is 6. The molecule has 2 heterocycles. The van der Waals surface area contributed by atoms with Crippen LogP contribution in [0.15, 0.2) is 36.5 Å². The van der Waals surface area contributed by atoms with Crippen LogP contribution in [0.5, 0.6) is 11.6 Å². The van der Waals surface area contributed by atoms with Crippen molar-refractivity contribution in [1.29, 1.82) is 0 Å². The lowest BCUT2D eigenvalue weighted by Crippen LogP contribution is -1.94. The lowest BCUT2D eigenvalue weighted by molar-refractivity contribution is -0.384. The molecule has 0 amide bonds. The standard InChI is InChI=1S/C12H6ClFN4O3S.2C2H6/c13-12-15-10-9(4-5-17(10)22-14)11(16-12)21-8-3-1-2-7(6-8)18(19)20;2*1-2/h1-6H;2*1-2H3. The van der Waals surface area contributed by atoms with Gasteiger partial charge in [0.15, 0.2) is 18.0 Å². The molecule has 0 spiro atoms. The van der Waals surface area contributed by atoms with E-state index in [0.29, 0.717) is 5.39 Å². The Kier molecular flexibility index (Phi) is 8.80. The summed E-state index contributed by atoms with van der Waals surface area (Å²) < 4.78 is 19.5. The van der Waals surface area contributed by atoms with Crippen molar-refractivity contribution in [3.05, 3.63) is 51.9 Å². The summed E-state index contributed by atoms with van der Waals surface area (Å²) in [7, 11) is 0. The summed E-state index contributed by atoms with van der Waals surface area (Å²) in [5, 5.41) is 11.1. The smallest absolute Gasteiger partial charge is 0.273 e. The molecule has 3 rings (SSSR count). The number of rotatable bonds is 4. The van der Waals surface area contributed by atoms with Gasteiger partial charge in [-0.05, 0) is 23.7 Å². The van der Waals surface area contributed by atoms with Gasteiger partial charge in [-0.1, -0.05) is 33.8 Å². The Morgan fingerprint density at radius 2 is 1.92 bits per heavy atom. The molecule has 10 heteroatoms. The number of nitrogens with zero attached hydrogens (tertiary/aromatic N) is 4. The van der Waals surface area contributed by atoms with E-state index in [1.807, 2.05) is 27.7 Å². The average molecular weight is 401 g/mol. The molecule has 1 aromatic carbocycles. The second-order valence-corrected chi connectivity index (χ2v) is 4.97. The summed E-state index contributed by atoms with van der Waals surface area (Å²) in [5.41, 5.74) is 0.124. The van der Waals surface area contributed by atoms with Gasteiger partial charge in [0.1, 0.15) is 5.75 Å². The zero-order valence-corrected chi connectivity index (χ0v) is 16.2. The van der Waals surface area contributed by atoms with E-state index in [1.165, 1.54) is 30.5 Å². The topological polar surface area (TPSA) is 83.1 Å². The summed E-state index contributed by atoms with van der Waals surface area (Å²) in [5.74, 6) is 0.300. The minimum Gasteiger partial charge on any atom is -0.438 e. The molecule has 7 nitrogen and oxygen atoms in total. The molecule has 0 fully saturated rings. The summed E-state index contributed by atoms with van der Waals surface area (Å²) in [6.45, 7) is 8.00. The molecule has 0 aliphatic rings. The van der Waals surface area contributed by atoms with Crippen LogP contribution < -0.4 is 4.74 Å². The average Bonchev–Trinajstić information content (AvgIpc) is 3.08. The third-order valence-electron chi connectivity index (χ3n) is 2.77. The first-order chi connectivity index (χ1) is 12.6. The molecule has 0 radical (unpaired) electrons. The fourth-order valence-electron chi connectivity index (χ4n) is 1.84. The molecule has 0 saturated heterocycles. The second-order valence-electron chi connectivity index (χ2n) is 4.10. The number of nitro benzene ring substituents is 1. The SMILES string of the molecule is CC.CC.O=[N+]([O-])c1cccc(Oc2nc(Cl)nc3c2ccn3SF)c1. The van der Waals surface area contributed by atoms with Crippen molar-refractivity contribution in [3.8, 4) is 11.6 Å². The van der Waals surface area contributed by atoms with Crippen molar-refractivity contribution in [2.75, 3.05) is 0 Å². The van der Waals surface area contributed by atoms with Crippen LogP contribution in [0, 0.1) is 10.1 Å². The minimum absolute atomic E-state index is 0.0421. The summed E-state index contributed by atoms with van der Waals surface area (Å²) >= 11 is 5.76. The maximum Gasteiger partial charge on any atom is 0.273 e. The first-order valence-electron chi connectivity index (χ1n) is 7.84. The maximum absolute atomic E-state index is 12.8. The molecule has 0 aliphatic heterocycles. The molecule has 2 aromatic heterocycles. The molecule has 0 atom stereocenters. The summed E-state index contributed by atoms with van der Waals surface area (Å²) in [4.78, 5) is 18.1. The highest BCUT2D eigenvalue weighted by Gasteiger charge is 2.15. The first-order valence-corrected chi connectivity index (χ1v) is 8.89. The zero-order valence-electron chi connectivity index (χ0n) is 14.6. The van der Waals surface area contributed by atoms with Crippen LogP contribution in [0.4, 0.5) is 9.57 Å². The van der Waals surface area contributed by atoms with Gasteiger partial charge in [-0.25, -0.2) is 3.97 Å². The number of nitro groups is 1. The van der Waals surface area contributed by atoms with Crippen molar-refractivity contribution in [3.63, 3.8) is 0 Å². The van der Waals surface area contributed by atoms with E-state index < -0.39 is 4.92 Å². The largest absolute Gasteiger partial charge is 0.438 e. The van der Waals surface area contributed by atoms with Gasteiger partial charge in [0.25, 0.3) is 5.69 Å². The van der Waals surface area contributed by atoms with Gasteiger partial charge in [-0.3, -0.25) is 10.1 Å². The van der Waals surface area contributed by atoms with Gasteiger partial charge < -0.3 is 4.74 Å². The third-order valence-corrected chi connectivity index (χ3v) is 3.38. The Bertz CT molecular complexity index is 876. The highest BCUT2D eigenvalue weighted by atomic mass is 35.5. The van der Waals surface area contributed by atoms with Gasteiger partial charge in [0.05, 0.1) is 16.4 Å². The van der Waals surface area contributed by atoms with Crippen LogP contribution in [0.1, 0.15) is 27.7 Å². The predicted molar refractivity (Wildman–Crippen MR) is 103 cm³/mol. The Labute approximate surface area is 159 Å². The minimum atomic E-state index is -0.536. The molecular weight excluding hydrogens is 383 g/mol. The molecule has 140 valence electrons. The maximum atomic E-state index is 12.8. The van der Waals surface area contributed by atoms with E-state index in [-0.39, 0.29) is 40.6 Å². The van der Waals surface area contributed by atoms with Gasteiger partial charge in [-0.2, -0.15) is 9.97 Å². The monoisotopic (exact) mass is 400 g/mol. The fraction of sp³-hybridized carbons (Fsp3) is 0.250. The molecule has 26 heavy (non-hydrogen) atoms. The van der Waals surface area contributed by atoms with Gasteiger partial charge in [0.2, 0.25) is 11.2 Å². The van der Waals surface area contributed by atoms with Crippen LogP contribution in [-0.4, -0.2) is 18.9 Å². The Morgan fingerprint density at radius 3 is 2.54 bits per heavy atom. The van der Waals surface area contributed by atoms with E-state index in [2.05, 4.69) is 9.97 Å². The van der Waals surface area contributed by atoms with Crippen molar-refractivity contribution >= 4 is 40.7 Å². The number of aromatic nitrogens is 3. The van der Waals surface area contributed by atoms with Gasteiger partial charge >= 0.3 is 0 Å². The number of non-ortho nitro benzene ring substituents is 1. The third kappa shape index (κ3) is 5.06. The van der Waals surface area contributed by atoms with Gasteiger partial charge in [0, 0.05) is 12.3 Å². The van der Waals surface area contributed by atoms with Crippen molar-refractivity contribution in [2.45, 2.75) is 27.7 Å². The zero-order chi connectivity index (χ0) is 19.7. The Hall–Kier alpha value is -2.39. The molecule has 3 aromatic rings. The van der Waals surface area contributed by atoms with Gasteiger partial charge in [-0.15, -0.1) is 3.89 Å². The van der Waals surface area contributed by atoms with E-state index in [0.717, 1.165) is 3.97 Å². The molecule has 0 N–H and O–H groups in total. The molecule has 0 bridgehead atoms. The normalized spacial score (nSPS) is 9.62. The number of halogens is 2. The lowest BCUT2D eigenvalue weighted by atomic mass is 10.3. The van der Waals surface area contributed by atoms with Crippen molar-refractivity contribution in [2.24, 2.45) is 0 Å². The van der Waals surface area contributed by atoms with E-state index in [4.69, 9.17) is 16.3 Å². The predicted octanol–water partition coefficient (Wildman–Crippen LogP) is 6.22. The summed E-state index contributed by atoms with van der Waals surface area (Å²) in [6.07, 6.45) is 1.45. The van der Waals surface area contributed by atoms with Crippen LogP contribution >= 0.6 is 23.9 Å². The Morgan fingerprint density at radius 1 is 1.23 bits per heavy atom. The summed E-state index contributed by atoms with van der Waals surface area (Å²) in [6, 6.07) is 7.17. The number of hydrogen-bond donors (Lipinski definition) is 0. The van der Waals surface area contributed by atoms with E-state index in [9.17, 15) is 14.0 Å². The molecule has 0 aliphatic carbocycles. The van der Waals surface area contributed by atoms with Crippen molar-refractivity contribution < 1.29 is 13.5 Å². The number of ether oxygens (including phenoxy) is 1. The quantitative estimate of drug-likeness (QED) is 0.293. The Balaban J connectivity index is 0.000000791. The molecule has 0 saturated carbocycles. The fourth-order valence-corrected chi connectivity index (χ4v) is 2.31. The van der Waals surface area contributed by atoms with Crippen molar-refractivity contribution in [1.82, 2.24) is 13.9 Å². The first kappa shape index (κ1) is 21.7. The van der Waals surface area contributed by atoms with Crippen LogP contribution in [-0.2, 0) is 0 Å².